The lowest BCUT2D eigenvalue weighted by molar-refractivity contribution is 0.153. The molecule has 3 aliphatic carbocycles. The van der Waals surface area contributed by atoms with Crippen molar-refractivity contribution < 1.29 is 4.74 Å². The van der Waals surface area contributed by atoms with Crippen molar-refractivity contribution in [1.82, 2.24) is 0 Å². The van der Waals surface area contributed by atoms with Crippen LogP contribution in [0.4, 0.5) is 0 Å². The molecular weight excluding hydrogens is 160 g/mol. The largest absolute Gasteiger partial charge is 0.366 e. The molecule has 4 fully saturated rings. The molecule has 0 amide bonds. The zero-order chi connectivity index (χ0) is 8.63. The summed E-state index contributed by atoms with van der Waals surface area (Å²) in [5.74, 6) is 4.32. The fourth-order valence-corrected chi connectivity index (χ4v) is 4.70. The lowest BCUT2D eigenvalue weighted by Crippen LogP contribution is -2.33. The second kappa shape index (κ2) is 1.98. The van der Waals surface area contributed by atoms with Crippen LogP contribution in [-0.2, 0) is 4.74 Å². The number of hydrogen-bond donors (Lipinski definition) is 0. The average Bonchev–Trinajstić information content (AvgIpc) is 2.50. The van der Waals surface area contributed by atoms with Gasteiger partial charge in [-0.25, -0.2) is 0 Å². The van der Waals surface area contributed by atoms with Gasteiger partial charge in [-0.05, 0) is 62.7 Å². The van der Waals surface area contributed by atoms with Crippen molar-refractivity contribution in [3.8, 4) is 0 Å². The summed E-state index contributed by atoms with van der Waals surface area (Å²) in [6, 6.07) is 0. The van der Waals surface area contributed by atoms with Crippen LogP contribution in [0.5, 0.6) is 0 Å². The summed E-state index contributed by atoms with van der Waals surface area (Å²) >= 11 is 0. The van der Waals surface area contributed by atoms with E-state index in [1.165, 1.54) is 25.7 Å². The molecule has 1 nitrogen and oxygen atoms in total. The third kappa shape index (κ3) is 0.782. The molecular formula is C12H18O. The van der Waals surface area contributed by atoms with Gasteiger partial charge >= 0.3 is 0 Å². The highest BCUT2D eigenvalue weighted by Crippen LogP contribution is 2.63. The van der Waals surface area contributed by atoms with E-state index < -0.39 is 0 Å². The first-order valence-corrected chi connectivity index (χ1v) is 5.94. The van der Waals surface area contributed by atoms with Gasteiger partial charge in [-0.15, -0.1) is 0 Å². The van der Waals surface area contributed by atoms with Gasteiger partial charge in [0, 0.05) is 0 Å². The highest BCUT2D eigenvalue weighted by molar-refractivity contribution is 5.12. The van der Waals surface area contributed by atoms with E-state index in [1.54, 1.807) is 6.42 Å². The van der Waals surface area contributed by atoms with Gasteiger partial charge in [0.15, 0.2) is 0 Å². The number of hydrogen-bond acceptors (Lipinski definition) is 1. The zero-order valence-electron chi connectivity index (χ0n) is 8.33. The summed E-state index contributed by atoms with van der Waals surface area (Å²) in [7, 11) is 0. The Bertz CT molecular complexity index is 262. The normalized spacial score (nSPS) is 67.6. The van der Waals surface area contributed by atoms with Gasteiger partial charge in [0.2, 0.25) is 0 Å². The van der Waals surface area contributed by atoms with Crippen LogP contribution in [0.25, 0.3) is 0 Å². The summed E-state index contributed by atoms with van der Waals surface area (Å²) < 4.78 is 5.83. The topological polar surface area (TPSA) is 12.5 Å². The maximum absolute atomic E-state index is 5.83. The van der Waals surface area contributed by atoms with E-state index in [2.05, 4.69) is 6.92 Å². The van der Waals surface area contributed by atoms with Crippen molar-refractivity contribution in [3.63, 3.8) is 0 Å². The van der Waals surface area contributed by atoms with E-state index in [4.69, 9.17) is 4.74 Å². The standard InChI is InChI=1S/C12H18O/c1-12-6-10-8-3-2-7(4-8)9(10)5-11(12)13-12/h7-11H,2-6H2,1H3/t7-,8-,9+,10+,11-,12-/m0/s1. The van der Waals surface area contributed by atoms with Crippen molar-refractivity contribution >= 4 is 0 Å². The molecule has 1 heteroatoms. The van der Waals surface area contributed by atoms with E-state index >= 15 is 0 Å². The van der Waals surface area contributed by atoms with Gasteiger partial charge in [0.25, 0.3) is 0 Å². The summed E-state index contributed by atoms with van der Waals surface area (Å²) in [5, 5.41) is 0. The SMILES string of the molecule is C[C@]12C[C@@H]3[C@H]4CC[C@@H](C4)[C@H]3C[C@@H]1O2. The van der Waals surface area contributed by atoms with Crippen LogP contribution in [0.15, 0.2) is 0 Å². The minimum atomic E-state index is 0.339. The first-order chi connectivity index (χ1) is 6.26. The Kier molecular flexibility index (Phi) is 1.11. The van der Waals surface area contributed by atoms with Crippen molar-refractivity contribution in [2.24, 2.45) is 23.7 Å². The Morgan fingerprint density at radius 2 is 1.85 bits per heavy atom. The summed E-state index contributed by atoms with van der Waals surface area (Å²) in [6.45, 7) is 2.33. The molecule has 1 saturated heterocycles. The summed E-state index contributed by atoms with van der Waals surface area (Å²) in [4.78, 5) is 0. The Morgan fingerprint density at radius 1 is 1.08 bits per heavy atom. The Morgan fingerprint density at radius 3 is 2.69 bits per heavy atom. The Balaban J connectivity index is 1.67. The van der Waals surface area contributed by atoms with E-state index in [-0.39, 0.29) is 0 Å². The molecule has 72 valence electrons. The van der Waals surface area contributed by atoms with Crippen molar-refractivity contribution in [1.29, 1.82) is 0 Å². The van der Waals surface area contributed by atoms with Gasteiger partial charge in [-0.3, -0.25) is 0 Å². The fourth-order valence-electron chi connectivity index (χ4n) is 4.70. The molecule has 13 heavy (non-hydrogen) atoms. The third-order valence-corrected chi connectivity index (χ3v) is 5.44. The van der Waals surface area contributed by atoms with Crippen LogP contribution in [0, 0.1) is 23.7 Å². The van der Waals surface area contributed by atoms with Crippen molar-refractivity contribution in [3.05, 3.63) is 0 Å². The highest BCUT2D eigenvalue weighted by Gasteiger charge is 2.63. The minimum absolute atomic E-state index is 0.339. The average molecular weight is 178 g/mol. The smallest absolute Gasteiger partial charge is 0.0923 e. The number of epoxide rings is 1. The molecule has 4 rings (SSSR count). The monoisotopic (exact) mass is 178 g/mol. The lowest BCUT2D eigenvalue weighted by Gasteiger charge is -2.35. The molecule has 4 aliphatic rings. The molecule has 1 heterocycles. The lowest BCUT2D eigenvalue weighted by atomic mass is 9.68. The second-order valence-corrected chi connectivity index (χ2v) is 6.02. The quantitative estimate of drug-likeness (QED) is 0.519. The summed E-state index contributed by atoms with van der Waals surface area (Å²) in [5.41, 5.74) is 0.339. The third-order valence-electron chi connectivity index (χ3n) is 5.44. The minimum Gasteiger partial charge on any atom is -0.366 e. The predicted octanol–water partition coefficient (Wildman–Crippen LogP) is 2.60. The first kappa shape index (κ1) is 7.28. The second-order valence-electron chi connectivity index (χ2n) is 6.02. The summed E-state index contributed by atoms with van der Waals surface area (Å²) in [6.07, 6.45) is 8.10. The highest BCUT2D eigenvalue weighted by atomic mass is 16.6. The molecule has 3 saturated carbocycles. The van der Waals surface area contributed by atoms with Gasteiger partial charge in [-0.2, -0.15) is 0 Å². The van der Waals surface area contributed by atoms with Crippen molar-refractivity contribution in [2.75, 3.05) is 0 Å². The van der Waals surface area contributed by atoms with E-state index in [9.17, 15) is 0 Å². The molecule has 6 atom stereocenters. The van der Waals surface area contributed by atoms with Crippen molar-refractivity contribution in [2.45, 2.75) is 50.7 Å². The number of fused-ring (bicyclic) bond motifs is 6. The van der Waals surface area contributed by atoms with Crippen LogP contribution in [0.1, 0.15) is 39.0 Å². The zero-order valence-corrected chi connectivity index (χ0v) is 8.33. The van der Waals surface area contributed by atoms with E-state index in [0.717, 1.165) is 23.7 Å². The molecule has 0 aromatic rings. The van der Waals surface area contributed by atoms with Crippen LogP contribution in [0.2, 0.25) is 0 Å². The molecule has 0 N–H and O–H groups in total. The van der Waals surface area contributed by atoms with Crippen LogP contribution < -0.4 is 0 Å². The molecule has 1 aliphatic heterocycles. The Labute approximate surface area is 79.8 Å². The molecule has 2 bridgehead atoms. The van der Waals surface area contributed by atoms with Gasteiger partial charge in [0.1, 0.15) is 0 Å². The molecule has 0 unspecified atom stereocenters. The Hall–Kier alpha value is -0.0400. The molecule has 0 aromatic heterocycles. The maximum atomic E-state index is 5.83. The van der Waals surface area contributed by atoms with Gasteiger partial charge in [0.05, 0.1) is 11.7 Å². The first-order valence-electron chi connectivity index (χ1n) is 5.94. The van der Waals surface area contributed by atoms with Crippen LogP contribution >= 0.6 is 0 Å². The van der Waals surface area contributed by atoms with E-state index in [0.29, 0.717) is 11.7 Å². The van der Waals surface area contributed by atoms with Crippen LogP contribution in [-0.4, -0.2) is 11.7 Å². The molecule has 0 aromatic carbocycles. The molecule has 0 spiro atoms. The van der Waals surface area contributed by atoms with Crippen LogP contribution in [0.3, 0.4) is 0 Å². The van der Waals surface area contributed by atoms with E-state index in [1.807, 2.05) is 0 Å². The number of rotatable bonds is 0. The predicted molar refractivity (Wildman–Crippen MR) is 50.3 cm³/mol. The number of ether oxygens (including phenoxy) is 1. The molecule has 0 radical (unpaired) electrons. The fraction of sp³-hybridized carbons (Fsp3) is 1.00. The maximum Gasteiger partial charge on any atom is 0.0923 e. The van der Waals surface area contributed by atoms with Gasteiger partial charge < -0.3 is 4.74 Å². The van der Waals surface area contributed by atoms with Gasteiger partial charge in [-0.1, -0.05) is 0 Å².